The van der Waals surface area contributed by atoms with Crippen LogP contribution in [-0.4, -0.2) is 4.92 Å². The molecule has 0 aliphatic rings. The topological polar surface area (TPSA) is 92.9 Å². The van der Waals surface area contributed by atoms with E-state index in [0.717, 1.165) is 0 Å². The van der Waals surface area contributed by atoms with Crippen LogP contribution in [0.2, 0.25) is 0 Å². The lowest BCUT2D eigenvalue weighted by molar-refractivity contribution is -0.385. The van der Waals surface area contributed by atoms with Crippen LogP contribution in [0, 0.1) is 21.4 Å². The second-order valence-electron chi connectivity index (χ2n) is 3.06. The molecule has 1 aromatic carbocycles. The smallest absolute Gasteiger partial charge is 0.326 e. The zero-order valence-corrected chi connectivity index (χ0v) is 8.28. The molecule has 1 rings (SSSR count). The SMILES string of the molecule is N#Cc1c(C(F)(F)F)ccc([N+](=O)[O-])c1CN. The summed E-state index contributed by atoms with van der Waals surface area (Å²) in [4.78, 5) is 9.70. The summed E-state index contributed by atoms with van der Waals surface area (Å²) in [5.41, 5.74) is 2.14. The molecule has 0 saturated carbocycles. The molecule has 2 N–H and O–H groups in total. The Labute approximate surface area is 93.4 Å². The van der Waals surface area contributed by atoms with Gasteiger partial charge in [0.25, 0.3) is 5.69 Å². The van der Waals surface area contributed by atoms with E-state index in [1.54, 1.807) is 0 Å². The lowest BCUT2D eigenvalue weighted by Gasteiger charge is -2.11. The van der Waals surface area contributed by atoms with Gasteiger partial charge in [0.15, 0.2) is 0 Å². The van der Waals surface area contributed by atoms with Gasteiger partial charge in [0, 0.05) is 12.6 Å². The third-order valence-electron chi connectivity index (χ3n) is 2.11. The van der Waals surface area contributed by atoms with Crippen molar-refractivity contribution in [2.75, 3.05) is 0 Å². The van der Waals surface area contributed by atoms with Crippen molar-refractivity contribution in [2.45, 2.75) is 12.7 Å². The molecule has 90 valence electrons. The Morgan fingerprint density at radius 3 is 2.41 bits per heavy atom. The largest absolute Gasteiger partial charge is 0.417 e. The summed E-state index contributed by atoms with van der Waals surface area (Å²) in [7, 11) is 0. The Kier molecular flexibility index (Phi) is 3.34. The van der Waals surface area contributed by atoms with E-state index in [2.05, 4.69) is 0 Å². The number of nitriles is 1. The van der Waals surface area contributed by atoms with E-state index in [9.17, 15) is 23.3 Å². The van der Waals surface area contributed by atoms with Gasteiger partial charge in [0.2, 0.25) is 0 Å². The number of rotatable bonds is 2. The van der Waals surface area contributed by atoms with Gasteiger partial charge in [-0.1, -0.05) is 0 Å². The summed E-state index contributed by atoms with van der Waals surface area (Å²) in [6.07, 6.45) is -4.75. The minimum Gasteiger partial charge on any atom is -0.326 e. The van der Waals surface area contributed by atoms with Crippen LogP contribution < -0.4 is 5.73 Å². The minimum atomic E-state index is -4.75. The van der Waals surface area contributed by atoms with Gasteiger partial charge in [0.1, 0.15) is 6.07 Å². The van der Waals surface area contributed by atoms with Gasteiger partial charge < -0.3 is 5.73 Å². The molecule has 0 unspecified atom stereocenters. The highest BCUT2D eigenvalue weighted by Crippen LogP contribution is 2.35. The highest BCUT2D eigenvalue weighted by Gasteiger charge is 2.36. The maximum atomic E-state index is 12.5. The maximum Gasteiger partial charge on any atom is 0.417 e. The number of nitrogens with zero attached hydrogens (tertiary/aromatic N) is 2. The first-order valence-electron chi connectivity index (χ1n) is 4.30. The Bertz CT molecular complexity index is 505. The Morgan fingerprint density at radius 1 is 1.47 bits per heavy atom. The summed E-state index contributed by atoms with van der Waals surface area (Å²) in [5, 5.41) is 19.2. The van der Waals surface area contributed by atoms with Crippen LogP contribution in [0.5, 0.6) is 0 Å². The van der Waals surface area contributed by atoms with Crippen LogP contribution >= 0.6 is 0 Å². The van der Waals surface area contributed by atoms with Crippen molar-refractivity contribution in [1.82, 2.24) is 0 Å². The van der Waals surface area contributed by atoms with Crippen LogP contribution in [0.1, 0.15) is 16.7 Å². The standard InChI is InChI=1S/C9H6F3N3O2/c10-9(11,12)7-1-2-8(15(16)17)6(4-14)5(7)3-13/h1-2H,4,14H2. The molecule has 0 atom stereocenters. The summed E-state index contributed by atoms with van der Waals surface area (Å²) in [6, 6.07) is 2.52. The van der Waals surface area contributed by atoms with Gasteiger partial charge in [0.05, 0.1) is 21.6 Å². The van der Waals surface area contributed by atoms with Crippen molar-refractivity contribution >= 4 is 5.69 Å². The first kappa shape index (κ1) is 12.9. The molecular weight excluding hydrogens is 239 g/mol. The third-order valence-corrected chi connectivity index (χ3v) is 2.11. The lowest BCUT2D eigenvalue weighted by Crippen LogP contribution is -2.13. The molecule has 17 heavy (non-hydrogen) atoms. The number of benzene rings is 1. The van der Waals surface area contributed by atoms with Gasteiger partial charge in [-0.15, -0.1) is 0 Å². The third kappa shape index (κ3) is 2.34. The minimum absolute atomic E-state index is 0.410. The first-order chi connectivity index (χ1) is 7.82. The highest BCUT2D eigenvalue weighted by atomic mass is 19.4. The summed E-state index contributed by atoms with van der Waals surface area (Å²) < 4.78 is 37.6. The van der Waals surface area contributed by atoms with Gasteiger partial charge in [-0.05, 0) is 6.07 Å². The monoisotopic (exact) mass is 245 g/mol. The molecule has 0 aliphatic carbocycles. The highest BCUT2D eigenvalue weighted by molar-refractivity contribution is 5.55. The molecule has 8 heteroatoms. The zero-order chi connectivity index (χ0) is 13.2. The van der Waals surface area contributed by atoms with Crippen molar-refractivity contribution in [3.63, 3.8) is 0 Å². The number of nitro benzene ring substituents is 1. The van der Waals surface area contributed by atoms with Gasteiger partial charge >= 0.3 is 6.18 Å². The van der Waals surface area contributed by atoms with Crippen molar-refractivity contribution < 1.29 is 18.1 Å². The molecule has 0 bridgehead atoms. The molecule has 5 nitrogen and oxygen atoms in total. The predicted molar refractivity (Wildman–Crippen MR) is 50.7 cm³/mol. The number of halogens is 3. The van der Waals surface area contributed by atoms with Crippen LogP contribution in [0.3, 0.4) is 0 Å². The number of hydrogen-bond acceptors (Lipinski definition) is 4. The Hall–Kier alpha value is -2.14. The van der Waals surface area contributed by atoms with Crippen LogP contribution in [0.25, 0.3) is 0 Å². The zero-order valence-electron chi connectivity index (χ0n) is 8.28. The molecular formula is C9H6F3N3O2. The van der Waals surface area contributed by atoms with E-state index in [-0.39, 0.29) is 0 Å². The van der Waals surface area contributed by atoms with E-state index in [4.69, 9.17) is 11.0 Å². The first-order valence-corrected chi connectivity index (χ1v) is 4.30. The van der Waals surface area contributed by atoms with E-state index in [1.807, 2.05) is 0 Å². The predicted octanol–water partition coefficient (Wildman–Crippen LogP) is 1.94. The normalized spacial score (nSPS) is 11.0. The molecule has 0 aliphatic heterocycles. The number of alkyl halides is 3. The lowest BCUT2D eigenvalue weighted by atomic mass is 9.99. The summed E-state index contributed by atoms with van der Waals surface area (Å²) in [6.45, 7) is -0.511. The fraction of sp³-hybridized carbons (Fsp3) is 0.222. The number of nitrogens with two attached hydrogens (primary N) is 1. The fourth-order valence-electron chi connectivity index (χ4n) is 1.38. The van der Waals surface area contributed by atoms with Crippen molar-refractivity contribution in [1.29, 1.82) is 5.26 Å². The molecule has 0 radical (unpaired) electrons. The van der Waals surface area contributed by atoms with E-state index >= 15 is 0 Å². The number of hydrogen-bond donors (Lipinski definition) is 1. The average Bonchev–Trinajstić information content (AvgIpc) is 2.25. The average molecular weight is 245 g/mol. The molecule has 0 spiro atoms. The fourth-order valence-corrected chi connectivity index (χ4v) is 1.38. The van der Waals surface area contributed by atoms with E-state index in [0.29, 0.717) is 12.1 Å². The Balaban J connectivity index is 3.62. The van der Waals surface area contributed by atoms with Crippen molar-refractivity contribution in [2.24, 2.45) is 5.73 Å². The Morgan fingerprint density at radius 2 is 2.06 bits per heavy atom. The number of nitro groups is 1. The van der Waals surface area contributed by atoms with Crippen molar-refractivity contribution in [3.8, 4) is 6.07 Å². The molecule has 0 amide bonds. The summed E-state index contributed by atoms with van der Waals surface area (Å²) >= 11 is 0. The van der Waals surface area contributed by atoms with E-state index < -0.39 is 40.0 Å². The quantitative estimate of drug-likeness (QED) is 0.636. The van der Waals surface area contributed by atoms with Gasteiger partial charge in [-0.25, -0.2) is 0 Å². The van der Waals surface area contributed by atoms with Gasteiger partial charge in [-0.2, -0.15) is 18.4 Å². The molecule has 0 saturated heterocycles. The van der Waals surface area contributed by atoms with Crippen LogP contribution in [-0.2, 0) is 12.7 Å². The van der Waals surface area contributed by atoms with Crippen LogP contribution in [0.4, 0.5) is 18.9 Å². The van der Waals surface area contributed by atoms with Crippen molar-refractivity contribution in [3.05, 3.63) is 38.9 Å². The molecule has 0 aromatic heterocycles. The van der Waals surface area contributed by atoms with Crippen LogP contribution in [0.15, 0.2) is 12.1 Å². The van der Waals surface area contributed by atoms with Gasteiger partial charge in [-0.3, -0.25) is 10.1 Å². The maximum absolute atomic E-state index is 12.5. The molecule has 1 aromatic rings. The second kappa shape index (κ2) is 4.39. The molecule has 0 heterocycles. The summed E-state index contributed by atoms with van der Waals surface area (Å²) in [5.74, 6) is 0. The van der Waals surface area contributed by atoms with E-state index in [1.165, 1.54) is 6.07 Å². The second-order valence-corrected chi connectivity index (χ2v) is 3.06. The molecule has 0 fully saturated rings.